The van der Waals surface area contributed by atoms with Crippen molar-refractivity contribution < 1.29 is 9.90 Å². The number of carbonyl (C=O) groups is 1. The lowest BCUT2D eigenvalue weighted by Crippen LogP contribution is -2.45. The van der Waals surface area contributed by atoms with E-state index in [1.54, 1.807) is 15.8 Å². The third kappa shape index (κ3) is 2.20. The van der Waals surface area contributed by atoms with Gasteiger partial charge in [-0.1, -0.05) is 0 Å². The smallest absolute Gasteiger partial charge is 0.257 e. The summed E-state index contributed by atoms with van der Waals surface area (Å²) in [7, 11) is 1.83. The number of hydrogen-bond acceptors (Lipinski definition) is 3. The summed E-state index contributed by atoms with van der Waals surface area (Å²) in [5.41, 5.74) is 1.52. The average molecular weight is 237 g/mol. The molecule has 0 spiro atoms. The highest BCUT2D eigenvalue weighted by molar-refractivity contribution is 5.95. The average Bonchev–Trinajstić information content (AvgIpc) is 2.56. The molecular weight excluding hydrogens is 218 g/mol. The summed E-state index contributed by atoms with van der Waals surface area (Å²) in [6.45, 7) is 2.32. The Morgan fingerprint density at radius 1 is 1.65 bits per heavy atom. The minimum atomic E-state index is -0.00523. The zero-order valence-electron chi connectivity index (χ0n) is 10.4. The fourth-order valence-electron chi connectivity index (χ4n) is 2.12. The van der Waals surface area contributed by atoms with Gasteiger partial charge in [-0.05, 0) is 26.2 Å². The lowest BCUT2D eigenvalue weighted by atomic mass is 9.91. The van der Waals surface area contributed by atoms with E-state index in [1.807, 2.05) is 14.0 Å². The first-order valence-electron chi connectivity index (χ1n) is 6.05. The SMILES string of the molecule is Cc1c(C(=O)N(CCO)C2CCC2)cnn1C. The van der Waals surface area contributed by atoms with Crippen molar-refractivity contribution in [2.75, 3.05) is 13.2 Å². The third-order valence-electron chi connectivity index (χ3n) is 3.58. The molecule has 1 aliphatic carbocycles. The maximum atomic E-state index is 12.4. The van der Waals surface area contributed by atoms with E-state index in [9.17, 15) is 4.79 Å². The standard InChI is InChI=1S/C12H19N3O2/c1-9-11(8-13-14(9)2)12(17)15(6-7-16)10-4-3-5-10/h8,10,16H,3-7H2,1-2H3. The van der Waals surface area contributed by atoms with E-state index in [-0.39, 0.29) is 12.5 Å². The summed E-state index contributed by atoms with van der Waals surface area (Å²) in [4.78, 5) is 14.1. The minimum Gasteiger partial charge on any atom is -0.395 e. The van der Waals surface area contributed by atoms with Gasteiger partial charge in [0, 0.05) is 25.3 Å². The first kappa shape index (κ1) is 12.1. The summed E-state index contributed by atoms with van der Waals surface area (Å²) < 4.78 is 1.70. The number of nitrogens with zero attached hydrogens (tertiary/aromatic N) is 3. The van der Waals surface area contributed by atoms with E-state index in [1.165, 1.54) is 6.42 Å². The van der Waals surface area contributed by atoms with Crippen LogP contribution in [0.3, 0.4) is 0 Å². The maximum absolute atomic E-state index is 12.4. The summed E-state index contributed by atoms with van der Waals surface area (Å²) in [5, 5.41) is 13.2. The normalized spacial score (nSPS) is 15.7. The lowest BCUT2D eigenvalue weighted by molar-refractivity contribution is 0.0525. The first-order chi connectivity index (χ1) is 8.15. The number of hydrogen-bond donors (Lipinski definition) is 1. The minimum absolute atomic E-state index is 0.00523. The van der Waals surface area contributed by atoms with E-state index in [4.69, 9.17) is 5.11 Å². The number of aliphatic hydroxyl groups is 1. The zero-order chi connectivity index (χ0) is 12.4. The van der Waals surface area contributed by atoms with E-state index < -0.39 is 0 Å². The third-order valence-corrected chi connectivity index (χ3v) is 3.58. The van der Waals surface area contributed by atoms with Gasteiger partial charge in [-0.25, -0.2) is 0 Å². The molecule has 0 atom stereocenters. The molecule has 0 saturated heterocycles. The van der Waals surface area contributed by atoms with Gasteiger partial charge in [-0.3, -0.25) is 9.48 Å². The molecule has 2 rings (SSSR count). The fourth-order valence-corrected chi connectivity index (χ4v) is 2.12. The Hall–Kier alpha value is -1.36. The molecule has 1 heterocycles. The van der Waals surface area contributed by atoms with Gasteiger partial charge in [-0.15, -0.1) is 0 Å². The summed E-state index contributed by atoms with van der Waals surface area (Å²) >= 11 is 0. The lowest BCUT2D eigenvalue weighted by Gasteiger charge is -2.37. The Bertz CT molecular complexity index is 410. The van der Waals surface area contributed by atoms with Gasteiger partial charge < -0.3 is 10.0 Å². The number of aryl methyl sites for hydroxylation is 1. The molecule has 5 nitrogen and oxygen atoms in total. The molecule has 0 aromatic carbocycles. The Labute approximate surface area is 101 Å². The second kappa shape index (κ2) is 4.87. The molecule has 0 aliphatic heterocycles. The molecule has 94 valence electrons. The quantitative estimate of drug-likeness (QED) is 0.839. The molecule has 5 heteroatoms. The molecule has 1 aromatic heterocycles. The monoisotopic (exact) mass is 237 g/mol. The van der Waals surface area contributed by atoms with Crippen molar-refractivity contribution in [3.63, 3.8) is 0 Å². The Balaban J connectivity index is 2.18. The van der Waals surface area contributed by atoms with Crippen LogP contribution in [0.5, 0.6) is 0 Å². The van der Waals surface area contributed by atoms with Gasteiger partial charge >= 0.3 is 0 Å². The topological polar surface area (TPSA) is 58.4 Å². The molecule has 0 radical (unpaired) electrons. The van der Waals surface area contributed by atoms with Crippen molar-refractivity contribution >= 4 is 5.91 Å². The molecule has 1 aliphatic rings. The van der Waals surface area contributed by atoms with Gasteiger partial charge in [0.1, 0.15) is 0 Å². The molecule has 0 unspecified atom stereocenters. The number of carbonyl (C=O) groups excluding carboxylic acids is 1. The van der Waals surface area contributed by atoms with E-state index in [2.05, 4.69) is 5.10 Å². The van der Waals surface area contributed by atoms with Crippen molar-refractivity contribution in [1.82, 2.24) is 14.7 Å². The molecule has 0 bridgehead atoms. The van der Waals surface area contributed by atoms with Crippen LogP contribution in [0.15, 0.2) is 6.20 Å². The van der Waals surface area contributed by atoms with Gasteiger partial charge in [0.2, 0.25) is 0 Å². The predicted octanol–water partition coefficient (Wildman–Crippen LogP) is 0.716. The number of aromatic nitrogens is 2. The van der Waals surface area contributed by atoms with E-state index in [0.29, 0.717) is 18.2 Å². The Morgan fingerprint density at radius 2 is 2.35 bits per heavy atom. The van der Waals surface area contributed by atoms with Crippen LogP contribution in [-0.4, -0.2) is 44.9 Å². The molecule has 1 saturated carbocycles. The van der Waals surface area contributed by atoms with E-state index >= 15 is 0 Å². The van der Waals surface area contributed by atoms with Crippen molar-refractivity contribution in [2.45, 2.75) is 32.2 Å². The summed E-state index contributed by atoms with van der Waals surface area (Å²) in [6.07, 6.45) is 4.88. The van der Waals surface area contributed by atoms with Crippen LogP contribution in [0, 0.1) is 6.92 Å². The number of amides is 1. The first-order valence-corrected chi connectivity index (χ1v) is 6.05. The Morgan fingerprint density at radius 3 is 2.76 bits per heavy atom. The van der Waals surface area contributed by atoms with Crippen LogP contribution in [0.2, 0.25) is 0 Å². The molecular formula is C12H19N3O2. The highest BCUT2D eigenvalue weighted by Crippen LogP contribution is 2.26. The van der Waals surface area contributed by atoms with Crippen molar-refractivity contribution in [3.05, 3.63) is 17.5 Å². The van der Waals surface area contributed by atoms with Gasteiger partial charge in [0.15, 0.2) is 0 Å². The van der Waals surface area contributed by atoms with Crippen LogP contribution in [0.4, 0.5) is 0 Å². The van der Waals surface area contributed by atoms with E-state index in [0.717, 1.165) is 18.5 Å². The predicted molar refractivity (Wildman–Crippen MR) is 63.7 cm³/mol. The second-order valence-corrected chi connectivity index (χ2v) is 4.57. The Kier molecular flexibility index (Phi) is 3.47. The zero-order valence-corrected chi connectivity index (χ0v) is 10.4. The number of rotatable bonds is 4. The summed E-state index contributed by atoms with van der Waals surface area (Å²) in [6, 6.07) is 0.300. The fraction of sp³-hybridized carbons (Fsp3) is 0.667. The molecule has 1 aromatic rings. The van der Waals surface area contributed by atoms with Crippen molar-refractivity contribution in [3.8, 4) is 0 Å². The highest BCUT2D eigenvalue weighted by atomic mass is 16.3. The van der Waals surface area contributed by atoms with Crippen LogP contribution in [-0.2, 0) is 7.05 Å². The molecule has 1 fully saturated rings. The maximum Gasteiger partial charge on any atom is 0.257 e. The van der Waals surface area contributed by atoms with Crippen LogP contribution in [0.1, 0.15) is 35.3 Å². The number of aliphatic hydroxyl groups excluding tert-OH is 1. The molecule has 1 N–H and O–H groups in total. The van der Waals surface area contributed by atoms with Gasteiger partial charge in [0.25, 0.3) is 5.91 Å². The second-order valence-electron chi connectivity index (χ2n) is 4.57. The van der Waals surface area contributed by atoms with Crippen molar-refractivity contribution in [2.24, 2.45) is 7.05 Å². The molecule has 1 amide bonds. The largest absolute Gasteiger partial charge is 0.395 e. The van der Waals surface area contributed by atoms with Gasteiger partial charge in [0.05, 0.1) is 18.4 Å². The molecule has 17 heavy (non-hydrogen) atoms. The van der Waals surface area contributed by atoms with Crippen LogP contribution < -0.4 is 0 Å². The highest BCUT2D eigenvalue weighted by Gasteiger charge is 2.30. The van der Waals surface area contributed by atoms with Crippen LogP contribution >= 0.6 is 0 Å². The van der Waals surface area contributed by atoms with Crippen molar-refractivity contribution in [1.29, 1.82) is 0 Å². The van der Waals surface area contributed by atoms with Crippen LogP contribution in [0.25, 0.3) is 0 Å². The van der Waals surface area contributed by atoms with Gasteiger partial charge in [-0.2, -0.15) is 5.10 Å². The summed E-state index contributed by atoms with van der Waals surface area (Å²) in [5.74, 6) is -0.00523.